The van der Waals surface area contributed by atoms with Crippen molar-refractivity contribution in [3.8, 4) is 39.5 Å². The van der Waals surface area contributed by atoms with E-state index in [1.807, 2.05) is 18.2 Å². The van der Waals surface area contributed by atoms with Crippen LogP contribution in [0.5, 0.6) is 17.2 Å². The number of hydrogen-bond acceptors (Lipinski definition) is 5. The first kappa shape index (κ1) is 30.4. The van der Waals surface area contributed by atoms with Gasteiger partial charge in [-0.25, -0.2) is 0 Å². The summed E-state index contributed by atoms with van der Waals surface area (Å²) in [6.07, 6.45) is 0.781. The van der Waals surface area contributed by atoms with E-state index in [1.165, 1.54) is 22.3 Å². The number of morpholine rings is 1. The summed E-state index contributed by atoms with van der Waals surface area (Å²) < 4.78 is 24.1. The van der Waals surface area contributed by atoms with Gasteiger partial charge in [-0.15, -0.1) is 0 Å². The second-order valence-electron chi connectivity index (χ2n) is 11.8. The van der Waals surface area contributed by atoms with E-state index in [-0.39, 0.29) is 0 Å². The Morgan fingerprint density at radius 1 is 0.617 bits per heavy atom. The van der Waals surface area contributed by atoms with E-state index in [4.69, 9.17) is 18.9 Å². The van der Waals surface area contributed by atoms with Crippen molar-refractivity contribution in [1.29, 1.82) is 0 Å². The van der Waals surface area contributed by atoms with Gasteiger partial charge < -0.3 is 23.8 Å². The fourth-order valence-electron chi connectivity index (χ4n) is 6.54. The molecule has 0 amide bonds. The Labute approximate surface area is 276 Å². The zero-order chi connectivity index (χ0) is 32.0. The lowest BCUT2D eigenvalue weighted by Crippen LogP contribution is -2.36. The summed E-state index contributed by atoms with van der Waals surface area (Å²) in [7, 11) is 3.39. The van der Waals surface area contributed by atoms with Crippen LogP contribution >= 0.6 is 0 Å². The number of hydrogen-bond donors (Lipinski definition) is 0. The zero-order valence-electron chi connectivity index (χ0n) is 26.9. The van der Waals surface area contributed by atoms with Crippen LogP contribution in [0.2, 0.25) is 0 Å². The molecule has 236 valence electrons. The van der Waals surface area contributed by atoms with Gasteiger partial charge in [0, 0.05) is 41.4 Å². The highest BCUT2D eigenvalue weighted by molar-refractivity contribution is 6.07. The minimum Gasteiger partial charge on any atom is -0.497 e. The third-order valence-corrected chi connectivity index (χ3v) is 8.88. The standard InChI is InChI=1S/C42H39NO4/c1-44-34-18-19-35(40(26-34)45-2)36-27-37-38(28-39(36)43-20-22-46-23-21-43)42(32-16-10-5-11-17-32)33(24-30-12-6-3-7-13-30)25-41(37)47-29-31-14-8-4-9-15-31/h3-19,25-28H,20-24,29H2,1-2H3. The average molecular weight is 622 g/mol. The minimum absolute atomic E-state index is 0.470. The maximum absolute atomic E-state index is 6.76. The number of rotatable bonds is 10. The lowest BCUT2D eigenvalue weighted by atomic mass is 9.87. The molecule has 1 aliphatic heterocycles. The number of ether oxygens (including phenoxy) is 4. The van der Waals surface area contributed by atoms with Gasteiger partial charge in [0.15, 0.2) is 0 Å². The maximum Gasteiger partial charge on any atom is 0.130 e. The first-order chi connectivity index (χ1) is 23.2. The molecule has 7 rings (SSSR count). The normalized spacial score (nSPS) is 13.0. The van der Waals surface area contributed by atoms with Crippen molar-refractivity contribution in [2.75, 3.05) is 45.4 Å². The summed E-state index contributed by atoms with van der Waals surface area (Å²) in [5.41, 5.74) is 9.23. The summed E-state index contributed by atoms with van der Waals surface area (Å²) in [5, 5.41) is 2.21. The predicted molar refractivity (Wildman–Crippen MR) is 191 cm³/mol. The molecule has 1 saturated heterocycles. The van der Waals surface area contributed by atoms with E-state index < -0.39 is 0 Å². The van der Waals surface area contributed by atoms with Crippen LogP contribution in [0.4, 0.5) is 5.69 Å². The average Bonchev–Trinajstić information content (AvgIpc) is 3.14. The largest absolute Gasteiger partial charge is 0.497 e. The van der Waals surface area contributed by atoms with Crippen molar-refractivity contribution >= 4 is 16.5 Å². The first-order valence-electron chi connectivity index (χ1n) is 16.2. The van der Waals surface area contributed by atoms with Crippen LogP contribution < -0.4 is 19.1 Å². The summed E-state index contributed by atoms with van der Waals surface area (Å²) in [6, 6.07) is 44.7. The maximum atomic E-state index is 6.76. The number of anilines is 1. The highest BCUT2D eigenvalue weighted by Crippen LogP contribution is 2.47. The van der Waals surface area contributed by atoms with E-state index in [2.05, 4.69) is 114 Å². The summed E-state index contributed by atoms with van der Waals surface area (Å²) in [5.74, 6) is 2.37. The highest BCUT2D eigenvalue weighted by Gasteiger charge is 2.24. The van der Waals surface area contributed by atoms with E-state index in [0.717, 1.165) is 69.9 Å². The van der Waals surface area contributed by atoms with Crippen molar-refractivity contribution in [3.05, 3.63) is 144 Å². The molecular formula is C42H39NO4. The fraction of sp³-hybridized carbons (Fsp3) is 0.190. The first-order valence-corrected chi connectivity index (χ1v) is 16.2. The molecular weight excluding hydrogens is 582 g/mol. The molecule has 6 aromatic rings. The van der Waals surface area contributed by atoms with Crippen molar-refractivity contribution in [3.63, 3.8) is 0 Å². The molecule has 5 heteroatoms. The van der Waals surface area contributed by atoms with Crippen molar-refractivity contribution in [2.24, 2.45) is 0 Å². The molecule has 0 N–H and O–H groups in total. The van der Waals surface area contributed by atoms with Crippen LogP contribution in [0.15, 0.2) is 127 Å². The number of benzene rings is 6. The van der Waals surface area contributed by atoms with Crippen molar-refractivity contribution in [2.45, 2.75) is 13.0 Å². The van der Waals surface area contributed by atoms with Gasteiger partial charge in [0.2, 0.25) is 0 Å². The van der Waals surface area contributed by atoms with E-state index in [0.29, 0.717) is 19.8 Å². The Hall–Kier alpha value is -5.26. The molecule has 0 aliphatic carbocycles. The Bertz CT molecular complexity index is 1950. The smallest absolute Gasteiger partial charge is 0.130 e. The molecule has 0 radical (unpaired) electrons. The molecule has 1 aliphatic rings. The Morgan fingerprint density at radius 2 is 1.30 bits per heavy atom. The van der Waals surface area contributed by atoms with Crippen LogP contribution in [0.1, 0.15) is 16.7 Å². The van der Waals surface area contributed by atoms with Crippen LogP contribution in [-0.2, 0) is 17.8 Å². The predicted octanol–water partition coefficient (Wildman–Crippen LogP) is 9.20. The fourth-order valence-corrected chi connectivity index (χ4v) is 6.54. The SMILES string of the molecule is COc1ccc(-c2cc3c(OCc4ccccc4)cc(Cc4ccccc4)c(-c4ccccc4)c3cc2N2CCOCC2)c(OC)c1. The summed E-state index contributed by atoms with van der Waals surface area (Å²) >= 11 is 0. The summed E-state index contributed by atoms with van der Waals surface area (Å²) in [4.78, 5) is 2.44. The zero-order valence-corrected chi connectivity index (χ0v) is 26.9. The third-order valence-electron chi connectivity index (χ3n) is 8.88. The van der Waals surface area contributed by atoms with Crippen LogP contribution in [0.3, 0.4) is 0 Å². The number of methoxy groups -OCH3 is 2. The van der Waals surface area contributed by atoms with Crippen LogP contribution in [0.25, 0.3) is 33.0 Å². The minimum atomic E-state index is 0.470. The molecule has 1 heterocycles. The van der Waals surface area contributed by atoms with Crippen molar-refractivity contribution in [1.82, 2.24) is 0 Å². The highest BCUT2D eigenvalue weighted by atomic mass is 16.5. The molecule has 1 fully saturated rings. The van der Waals surface area contributed by atoms with Gasteiger partial charge in [0.25, 0.3) is 0 Å². The molecule has 6 aromatic carbocycles. The number of fused-ring (bicyclic) bond motifs is 1. The third kappa shape index (κ3) is 6.53. The number of nitrogens with zero attached hydrogens (tertiary/aromatic N) is 1. The van der Waals surface area contributed by atoms with Gasteiger partial charge in [-0.1, -0.05) is 91.0 Å². The molecule has 47 heavy (non-hydrogen) atoms. The second kappa shape index (κ2) is 14.0. The monoisotopic (exact) mass is 621 g/mol. The molecule has 0 saturated carbocycles. The van der Waals surface area contributed by atoms with Gasteiger partial charge in [-0.05, 0) is 70.0 Å². The van der Waals surface area contributed by atoms with Crippen LogP contribution in [-0.4, -0.2) is 40.5 Å². The van der Waals surface area contributed by atoms with E-state index in [9.17, 15) is 0 Å². The Balaban J connectivity index is 1.52. The molecule has 0 atom stereocenters. The Morgan fingerprint density at radius 3 is 1.98 bits per heavy atom. The molecule has 5 nitrogen and oxygen atoms in total. The molecule has 0 aromatic heterocycles. The van der Waals surface area contributed by atoms with Gasteiger partial charge in [0.05, 0.1) is 27.4 Å². The van der Waals surface area contributed by atoms with Gasteiger partial charge >= 0.3 is 0 Å². The van der Waals surface area contributed by atoms with E-state index >= 15 is 0 Å². The van der Waals surface area contributed by atoms with Crippen molar-refractivity contribution < 1.29 is 18.9 Å². The van der Waals surface area contributed by atoms with E-state index in [1.54, 1.807) is 14.2 Å². The Kier molecular flexibility index (Phi) is 9.07. The lowest BCUT2D eigenvalue weighted by molar-refractivity contribution is 0.123. The van der Waals surface area contributed by atoms with Gasteiger partial charge in [-0.2, -0.15) is 0 Å². The topological polar surface area (TPSA) is 40.2 Å². The molecule has 0 bridgehead atoms. The molecule has 0 unspecified atom stereocenters. The van der Waals surface area contributed by atoms with Gasteiger partial charge in [0.1, 0.15) is 23.9 Å². The summed E-state index contributed by atoms with van der Waals surface area (Å²) in [6.45, 7) is 3.44. The quantitative estimate of drug-likeness (QED) is 0.153. The molecule has 0 spiro atoms. The van der Waals surface area contributed by atoms with Crippen LogP contribution in [0, 0.1) is 0 Å². The lowest BCUT2D eigenvalue weighted by Gasteiger charge is -2.32. The second-order valence-corrected chi connectivity index (χ2v) is 11.8. The van der Waals surface area contributed by atoms with Gasteiger partial charge in [-0.3, -0.25) is 0 Å².